The third kappa shape index (κ3) is 8.72. The van der Waals surface area contributed by atoms with Crippen molar-refractivity contribution < 1.29 is 28.7 Å². The third-order valence-electron chi connectivity index (χ3n) is 10.3. The molecule has 0 unspecified atom stereocenters. The highest BCUT2D eigenvalue weighted by Gasteiger charge is 2.30. The van der Waals surface area contributed by atoms with Crippen molar-refractivity contribution in [2.24, 2.45) is 19.1 Å². The Labute approximate surface area is 330 Å². The predicted molar refractivity (Wildman–Crippen MR) is 220 cm³/mol. The summed E-state index contributed by atoms with van der Waals surface area (Å²) in [5.41, 5.74) is 6.78. The lowest BCUT2D eigenvalue weighted by atomic mass is 10.0. The number of amides is 4. The molecule has 0 spiro atoms. The number of ketones is 1. The Morgan fingerprint density at radius 1 is 0.789 bits per heavy atom. The number of piperidine rings is 1. The number of anilines is 3. The van der Waals surface area contributed by atoms with Crippen LogP contribution in [-0.4, -0.2) is 68.9 Å². The second-order valence-electron chi connectivity index (χ2n) is 14.5. The lowest BCUT2D eigenvalue weighted by molar-refractivity contribution is -0.116. The number of aryl methyl sites for hydroxylation is 3. The van der Waals surface area contributed by atoms with Gasteiger partial charge in [0.05, 0.1) is 29.6 Å². The molecular weight excluding hydrogens is 723 g/mol. The van der Waals surface area contributed by atoms with Crippen molar-refractivity contribution in [1.29, 1.82) is 0 Å². The van der Waals surface area contributed by atoms with Crippen molar-refractivity contribution in [3.63, 3.8) is 0 Å². The molecule has 13 heteroatoms. The summed E-state index contributed by atoms with van der Waals surface area (Å²) in [5.74, 6) is -0.231. The van der Waals surface area contributed by atoms with Gasteiger partial charge in [-0.2, -0.15) is 0 Å². The van der Waals surface area contributed by atoms with Crippen molar-refractivity contribution in [3.05, 3.63) is 113 Å². The number of benzene rings is 3. The normalized spacial score (nSPS) is 14.6. The van der Waals surface area contributed by atoms with E-state index >= 15 is 0 Å². The zero-order chi connectivity index (χ0) is 40.2. The van der Waals surface area contributed by atoms with Gasteiger partial charge in [0.1, 0.15) is 17.1 Å². The predicted octanol–water partition coefficient (Wildman–Crippen LogP) is 7.55. The SMILES string of the molecule is CC(=O)c1ccc(NC(=O)c2cc(-c3ccc(NC(=O)c4cc(NC(=O)CCCOc5cc6c(cc5C)C(=O)N5CCCC[C@H]5C=N6)cn4C)cc3)cn2C)cc1. The van der Waals surface area contributed by atoms with Gasteiger partial charge in [-0.1, -0.05) is 12.1 Å². The van der Waals surface area contributed by atoms with Crippen LogP contribution in [0.4, 0.5) is 22.7 Å². The first-order valence-electron chi connectivity index (χ1n) is 19.0. The monoisotopic (exact) mass is 767 g/mol. The summed E-state index contributed by atoms with van der Waals surface area (Å²) in [5, 5.41) is 8.64. The largest absolute Gasteiger partial charge is 0.493 e. The molecule has 0 saturated carbocycles. The summed E-state index contributed by atoms with van der Waals surface area (Å²) in [6.45, 7) is 4.45. The van der Waals surface area contributed by atoms with Crippen LogP contribution in [0.3, 0.4) is 0 Å². The Morgan fingerprint density at radius 3 is 2.16 bits per heavy atom. The Bertz CT molecular complexity index is 2390. The van der Waals surface area contributed by atoms with Crippen LogP contribution in [0, 0.1) is 6.92 Å². The maximum absolute atomic E-state index is 13.2. The minimum Gasteiger partial charge on any atom is -0.493 e. The van der Waals surface area contributed by atoms with E-state index in [-0.39, 0.29) is 41.9 Å². The molecule has 1 saturated heterocycles. The molecule has 2 aliphatic rings. The number of aromatic nitrogens is 2. The minimum absolute atomic E-state index is 0.00862. The molecule has 0 aliphatic carbocycles. The molecular formula is C44H45N7O6. The third-order valence-corrected chi connectivity index (χ3v) is 10.3. The number of nitrogens with one attached hydrogen (secondary N) is 3. The van der Waals surface area contributed by atoms with E-state index < -0.39 is 0 Å². The molecule has 57 heavy (non-hydrogen) atoms. The number of hydrogen-bond acceptors (Lipinski definition) is 7. The van der Waals surface area contributed by atoms with E-state index in [4.69, 9.17) is 4.74 Å². The lowest BCUT2D eigenvalue weighted by Crippen LogP contribution is -2.43. The van der Waals surface area contributed by atoms with Crippen LogP contribution in [0.15, 0.2) is 90.2 Å². The summed E-state index contributed by atoms with van der Waals surface area (Å²) in [7, 11) is 3.52. The molecule has 3 aromatic carbocycles. The highest BCUT2D eigenvalue weighted by atomic mass is 16.5. The Balaban J connectivity index is 0.889. The van der Waals surface area contributed by atoms with E-state index in [1.165, 1.54) is 6.92 Å². The summed E-state index contributed by atoms with van der Waals surface area (Å²) < 4.78 is 9.42. The number of aliphatic imine (C=N–C) groups is 1. The highest BCUT2D eigenvalue weighted by molar-refractivity contribution is 6.06. The molecule has 13 nitrogen and oxygen atoms in total. The maximum Gasteiger partial charge on any atom is 0.272 e. The molecule has 4 heterocycles. The number of hydrogen-bond donors (Lipinski definition) is 3. The number of rotatable bonds is 12. The van der Waals surface area contributed by atoms with Gasteiger partial charge in [-0.3, -0.25) is 29.0 Å². The molecule has 4 amide bonds. The maximum atomic E-state index is 13.2. The van der Waals surface area contributed by atoms with Crippen LogP contribution >= 0.6 is 0 Å². The van der Waals surface area contributed by atoms with Gasteiger partial charge >= 0.3 is 0 Å². The molecule has 0 radical (unpaired) electrons. The van der Waals surface area contributed by atoms with Crippen LogP contribution in [0.2, 0.25) is 0 Å². The lowest BCUT2D eigenvalue weighted by Gasteiger charge is -2.32. The molecule has 1 atom stereocenters. The second-order valence-corrected chi connectivity index (χ2v) is 14.5. The number of nitrogens with zero attached hydrogens (tertiary/aromatic N) is 4. The molecule has 0 bridgehead atoms. The van der Waals surface area contributed by atoms with E-state index in [9.17, 15) is 24.0 Å². The van der Waals surface area contributed by atoms with Crippen LogP contribution in [0.5, 0.6) is 5.75 Å². The summed E-state index contributed by atoms with van der Waals surface area (Å²) >= 11 is 0. The first-order valence-corrected chi connectivity index (χ1v) is 19.0. The molecule has 1 fully saturated rings. The van der Waals surface area contributed by atoms with E-state index in [1.807, 2.05) is 48.5 Å². The Hall–Kier alpha value is -6.76. The minimum atomic E-state index is -0.340. The van der Waals surface area contributed by atoms with Gasteiger partial charge in [0.2, 0.25) is 5.91 Å². The van der Waals surface area contributed by atoms with Gasteiger partial charge in [0.25, 0.3) is 17.7 Å². The molecule has 3 N–H and O–H groups in total. The number of carbonyl (C=O) groups excluding carboxylic acids is 5. The second kappa shape index (κ2) is 16.5. The van der Waals surface area contributed by atoms with Crippen LogP contribution in [-0.2, 0) is 18.9 Å². The fraction of sp³-hybridized carbons (Fsp3) is 0.273. The topological polar surface area (TPSA) is 156 Å². The van der Waals surface area contributed by atoms with E-state index in [0.717, 1.165) is 42.5 Å². The van der Waals surface area contributed by atoms with E-state index in [2.05, 4.69) is 20.9 Å². The summed E-state index contributed by atoms with van der Waals surface area (Å²) in [6, 6.07) is 21.1. The first-order chi connectivity index (χ1) is 27.4. The van der Waals surface area contributed by atoms with Crippen LogP contribution in [0.25, 0.3) is 11.1 Å². The quantitative estimate of drug-likeness (QED) is 0.0880. The average molecular weight is 768 g/mol. The highest BCUT2D eigenvalue weighted by Crippen LogP contribution is 2.34. The summed E-state index contributed by atoms with van der Waals surface area (Å²) in [4.78, 5) is 70.4. The zero-order valence-corrected chi connectivity index (χ0v) is 32.4. The van der Waals surface area contributed by atoms with Crippen molar-refractivity contribution in [2.75, 3.05) is 29.1 Å². The Kier molecular flexibility index (Phi) is 11.2. The number of ether oxygens (including phenoxy) is 1. The fourth-order valence-electron chi connectivity index (χ4n) is 7.17. The number of carbonyl (C=O) groups is 5. The summed E-state index contributed by atoms with van der Waals surface area (Å²) in [6.07, 6.45) is 9.10. The molecule has 5 aromatic rings. The van der Waals surface area contributed by atoms with Gasteiger partial charge in [-0.05, 0) is 105 Å². The van der Waals surface area contributed by atoms with Crippen molar-refractivity contribution in [3.8, 4) is 16.9 Å². The molecule has 2 aliphatic heterocycles. The van der Waals surface area contributed by atoms with Gasteiger partial charge in [-0.15, -0.1) is 0 Å². The van der Waals surface area contributed by atoms with Gasteiger partial charge < -0.3 is 34.7 Å². The van der Waals surface area contributed by atoms with E-state index in [1.54, 1.807) is 78.0 Å². The van der Waals surface area contributed by atoms with Crippen molar-refractivity contribution >= 4 is 58.4 Å². The molecule has 292 valence electrons. The number of Topliss-reactive ketones (excluding diaryl/α,β-unsaturated/α-hetero) is 1. The van der Waals surface area contributed by atoms with Crippen molar-refractivity contribution in [2.45, 2.75) is 52.0 Å². The molecule has 7 rings (SSSR count). The zero-order valence-electron chi connectivity index (χ0n) is 32.4. The van der Waals surface area contributed by atoms with Gasteiger partial charge in [-0.25, -0.2) is 0 Å². The molecule has 2 aromatic heterocycles. The number of fused-ring (bicyclic) bond motifs is 2. The standard InChI is InChI=1S/C44H45N7O6/c1-27-20-36-37(45-24-35-8-5-6-18-51(35)44(36)56)23-40(27)57-19-7-9-41(53)46-34-22-39(50(4)26-34)43(55)48-33-16-12-30(13-17-33)31-21-38(49(3)25-31)42(54)47-32-14-10-29(11-15-32)28(2)52/h10-17,20-26,35H,5-9,18-19H2,1-4H3,(H,46,53)(H,47,54)(H,48,55)/t35-/m0/s1. The van der Waals surface area contributed by atoms with Crippen molar-refractivity contribution in [1.82, 2.24) is 14.0 Å². The van der Waals surface area contributed by atoms with Gasteiger partial charge in [0, 0.05) is 74.2 Å². The average Bonchev–Trinajstić information content (AvgIpc) is 3.74. The van der Waals surface area contributed by atoms with E-state index in [0.29, 0.717) is 64.0 Å². The van der Waals surface area contributed by atoms with Crippen LogP contribution < -0.4 is 20.7 Å². The first kappa shape index (κ1) is 38.5. The fourth-order valence-corrected chi connectivity index (χ4v) is 7.17. The Morgan fingerprint density at radius 2 is 1.46 bits per heavy atom. The van der Waals surface area contributed by atoms with Crippen LogP contribution in [0.1, 0.15) is 86.3 Å². The smallest absolute Gasteiger partial charge is 0.272 e. The van der Waals surface area contributed by atoms with Gasteiger partial charge in [0.15, 0.2) is 5.78 Å².